The Bertz CT molecular complexity index is 548. The second kappa shape index (κ2) is 4.92. The van der Waals surface area contributed by atoms with E-state index in [9.17, 15) is 0 Å². The van der Waals surface area contributed by atoms with Gasteiger partial charge in [-0.3, -0.25) is 0 Å². The molecule has 0 spiro atoms. The van der Waals surface area contributed by atoms with Gasteiger partial charge in [-0.2, -0.15) is 5.26 Å². The van der Waals surface area contributed by atoms with Gasteiger partial charge in [-0.05, 0) is 12.5 Å². The van der Waals surface area contributed by atoms with E-state index in [1.165, 1.54) is 16.6 Å². The van der Waals surface area contributed by atoms with Gasteiger partial charge in [0, 0.05) is 44.2 Å². The zero-order chi connectivity index (χ0) is 12.3. The number of rotatable bonds is 4. The number of nitriles is 1. The Balaban J connectivity index is 2.26. The van der Waals surface area contributed by atoms with Crippen molar-refractivity contribution in [3.63, 3.8) is 0 Å². The van der Waals surface area contributed by atoms with Gasteiger partial charge in [-0.25, -0.2) is 0 Å². The highest BCUT2D eigenvalue weighted by Gasteiger charge is 2.09. The van der Waals surface area contributed by atoms with Crippen LogP contribution in [-0.2, 0) is 7.05 Å². The third-order valence-corrected chi connectivity index (χ3v) is 3.07. The van der Waals surface area contributed by atoms with Crippen molar-refractivity contribution in [2.45, 2.75) is 12.8 Å². The number of unbranched alkanes of at least 4 members (excludes halogenated alkanes) is 1. The topological polar surface area (TPSA) is 32.0 Å². The summed E-state index contributed by atoms with van der Waals surface area (Å²) in [5.74, 6) is 0. The van der Waals surface area contributed by atoms with Crippen molar-refractivity contribution in [1.82, 2.24) is 4.57 Å². The second-order valence-corrected chi connectivity index (χ2v) is 4.33. The van der Waals surface area contributed by atoms with Crippen LogP contribution >= 0.6 is 0 Å². The molecule has 1 aromatic carbocycles. The molecule has 0 aliphatic heterocycles. The van der Waals surface area contributed by atoms with Crippen LogP contribution in [0, 0.1) is 11.3 Å². The molecule has 1 heterocycles. The third kappa shape index (κ3) is 2.26. The maximum Gasteiger partial charge on any atom is 0.0623 e. The number of fused-ring (bicyclic) bond motifs is 1. The molecule has 0 aliphatic rings. The molecule has 0 unspecified atom stereocenters. The second-order valence-electron chi connectivity index (χ2n) is 4.33. The molecule has 0 aliphatic carbocycles. The minimum Gasteiger partial charge on any atom is -0.373 e. The van der Waals surface area contributed by atoms with Crippen LogP contribution in [0.1, 0.15) is 12.8 Å². The van der Waals surface area contributed by atoms with E-state index in [0.29, 0.717) is 6.42 Å². The fourth-order valence-corrected chi connectivity index (χ4v) is 2.14. The van der Waals surface area contributed by atoms with Crippen molar-refractivity contribution in [3.05, 3.63) is 30.5 Å². The largest absolute Gasteiger partial charge is 0.373 e. The Labute approximate surface area is 102 Å². The fourth-order valence-electron chi connectivity index (χ4n) is 2.14. The first kappa shape index (κ1) is 11.5. The monoisotopic (exact) mass is 227 g/mol. The Hall–Kier alpha value is -1.95. The van der Waals surface area contributed by atoms with Gasteiger partial charge in [0.05, 0.1) is 11.8 Å². The van der Waals surface area contributed by atoms with Gasteiger partial charge in [0.1, 0.15) is 0 Å². The number of aromatic nitrogens is 1. The zero-order valence-corrected chi connectivity index (χ0v) is 10.3. The van der Waals surface area contributed by atoms with Crippen molar-refractivity contribution >= 4 is 16.6 Å². The predicted molar refractivity (Wildman–Crippen MR) is 71.0 cm³/mol. The van der Waals surface area contributed by atoms with Gasteiger partial charge in [0.25, 0.3) is 0 Å². The predicted octanol–water partition coefficient (Wildman–Crippen LogP) is 2.92. The van der Waals surface area contributed by atoms with Crippen molar-refractivity contribution in [1.29, 1.82) is 5.26 Å². The molecular formula is C14H17N3. The summed E-state index contributed by atoms with van der Waals surface area (Å²) in [5, 5.41) is 9.83. The standard InChI is InChI=1S/C14H17N3/c1-16(10-6-5-9-15)14-11-17(2)13-8-4-3-7-12(13)14/h3-4,7-8,11H,5-6,10H2,1-2H3. The zero-order valence-electron chi connectivity index (χ0n) is 10.3. The highest BCUT2D eigenvalue weighted by molar-refractivity contribution is 5.93. The maximum atomic E-state index is 8.55. The Morgan fingerprint density at radius 1 is 1.35 bits per heavy atom. The number of hydrogen-bond acceptors (Lipinski definition) is 2. The molecule has 0 bridgehead atoms. The summed E-state index contributed by atoms with van der Waals surface area (Å²) in [6.45, 7) is 0.918. The van der Waals surface area contributed by atoms with Crippen LogP contribution in [-0.4, -0.2) is 18.2 Å². The van der Waals surface area contributed by atoms with Gasteiger partial charge in [-0.15, -0.1) is 0 Å². The first-order valence-corrected chi connectivity index (χ1v) is 5.86. The molecule has 2 aromatic rings. The van der Waals surface area contributed by atoms with Gasteiger partial charge < -0.3 is 9.47 Å². The minimum absolute atomic E-state index is 0.620. The van der Waals surface area contributed by atoms with Crippen molar-refractivity contribution in [3.8, 4) is 6.07 Å². The van der Waals surface area contributed by atoms with E-state index in [1.54, 1.807) is 0 Å². The Kier molecular flexibility index (Phi) is 3.34. The SMILES string of the molecule is CN(CCCC#N)c1cn(C)c2ccccc12. The molecule has 0 fully saturated rings. The summed E-state index contributed by atoms with van der Waals surface area (Å²) in [6.07, 6.45) is 3.68. The van der Waals surface area contributed by atoms with Crippen LogP contribution < -0.4 is 4.90 Å². The summed E-state index contributed by atoms with van der Waals surface area (Å²) < 4.78 is 2.14. The molecular weight excluding hydrogens is 210 g/mol. The lowest BCUT2D eigenvalue weighted by Crippen LogP contribution is -2.17. The van der Waals surface area contributed by atoms with E-state index in [4.69, 9.17) is 5.26 Å². The molecule has 1 aromatic heterocycles. The number of para-hydroxylation sites is 1. The smallest absolute Gasteiger partial charge is 0.0623 e. The number of benzene rings is 1. The summed E-state index contributed by atoms with van der Waals surface area (Å²) >= 11 is 0. The maximum absolute atomic E-state index is 8.55. The first-order chi connectivity index (χ1) is 8.24. The van der Waals surface area contributed by atoms with Gasteiger partial charge in [0.15, 0.2) is 0 Å². The van der Waals surface area contributed by atoms with E-state index in [-0.39, 0.29) is 0 Å². The minimum atomic E-state index is 0.620. The number of anilines is 1. The number of aryl methyl sites for hydroxylation is 1. The van der Waals surface area contributed by atoms with E-state index in [1.807, 2.05) is 0 Å². The van der Waals surface area contributed by atoms with Crippen molar-refractivity contribution in [2.24, 2.45) is 7.05 Å². The van der Waals surface area contributed by atoms with Crippen LogP contribution in [0.4, 0.5) is 5.69 Å². The fraction of sp³-hybridized carbons (Fsp3) is 0.357. The molecule has 3 nitrogen and oxygen atoms in total. The molecule has 2 rings (SSSR count). The average molecular weight is 227 g/mol. The lowest BCUT2D eigenvalue weighted by atomic mass is 10.2. The van der Waals surface area contributed by atoms with Crippen LogP contribution in [0.15, 0.2) is 30.5 Å². The van der Waals surface area contributed by atoms with Crippen LogP contribution in [0.25, 0.3) is 10.9 Å². The van der Waals surface area contributed by atoms with Gasteiger partial charge in [-0.1, -0.05) is 18.2 Å². The molecule has 0 amide bonds. The quantitative estimate of drug-likeness (QED) is 0.752. The van der Waals surface area contributed by atoms with Gasteiger partial charge >= 0.3 is 0 Å². The molecule has 0 saturated heterocycles. The lowest BCUT2D eigenvalue weighted by Gasteiger charge is -2.17. The molecule has 88 valence electrons. The van der Waals surface area contributed by atoms with E-state index in [0.717, 1.165) is 13.0 Å². The highest BCUT2D eigenvalue weighted by atomic mass is 15.1. The molecule has 0 atom stereocenters. The summed E-state index contributed by atoms with van der Waals surface area (Å²) in [7, 11) is 4.15. The van der Waals surface area contributed by atoms with Gasteiger partial charge in [0.2, 0.25) is 0 Å². The number of nitrogens with zero attached hydrogens (tertiary/aromatic N) is 3. The summed E-state index contributed by atoms with van der Waals surface area (Å²) in [4.78, 5) is 2.22. The van der Waals surface area contributed by atoms with E-state index < -0.39 is 0 Å². The molecule has 0 saturated carbocycles. The van der Waals surface area contributed by atoms with Crippen molar-refractivity contribution in [2.75, 3.05) is 18.5 Å². The normalized spacial score (nSPS) is 10.4. The van der Waals surface area contributed by atoms with E-state index >= 15 is 0 Å². The summed E-state index contributed by atoms with van der Waals surface area (Å²) in [5.41, 5.74) is 2.48. The molecule has 3 heteroatoms. The van der Waals surface area contributed by atoms with Crippen LogP contribution in [0.3, 0.4) is 0 Å². The highest BCUT2D eigenvalue weighted by Crippen LogP contribution is 2.27. The van der Waals surface area contributed by atoms with Crippen LogP contribution in [0.2, 0.25) is 0 Å². The Morgan fingerprint density at radius 3 is 2.88 bits per heavy atom. The third-order valence-electron chi connectivity index (χ3n) is 3.07. The molecule has 0 radical (unpaired) electrons. The first-order valence-electron chi connectivity index (χ1n) is 5.86. The Morgan fingerprint density at radius 2 is 2.12 bits per heavy atom. The van der Waals surface area contributed by atoms with Crippen molar-refractivity contribution < 1.29 is 0 Å². The molecule has 0 N–H and O–H groups in total. The van der Waals surface area contributed by atoms with Crippen LogP contribution in [0.5, 0.6) is 0 Å². The molecule has 17 heavy (non-hydrogen) atoms. The average Bonchev–Trinajstić information content (AvgIpc) is 2.68. The van der Waals surface area contributed by atoms with E-state index in [2.05, 4.69) is 60.1 Å². The summed E-state index contributed by atoms with van der Waals surface area (Å²) in [6, 6.07) is 10.6. The lowest BCUT2D eigenvalue weighted by molar-refractivity contribution is 0.806. The number of hydrogen-bond donors (Lipinski definition) is 0.